The van der Waals surface area contributed by atoms with E-state index in [1.807, 2.05) is 40.8 Å². The second kappa shape index (κ2) is 7.70. The first-order valence-electron chi connectivity index (χ1n) is 8.11. The van der Waals surface area contributed by atoms with E-state index in [0.717, 1.165) is 30.0 Å². The topological polar surface area (TPSA) is 60.2 Å². The monoisotopic (exact) mass is 346 g/mol. The third kappa shape index (κ3) is 3.90. The van der Waals surface area contributed by atoms with Gasteiger partial charge in [0.05, 0.1) is 18.4 Å². The summed E-state index contributed by atoms with van der Waals surface area (Å²) >= 11 is 1.58. The van der Waals surface area contributed by atoms with Crippen molar-refractivity contribution in [3.63, 3.8) is 0 Å². The molecule has 1 saturated heterocycles. The largest absolute Gasteiger partial charge is 0.497 e. The van der Waals surface area contributed by atoms with Crippen LogP contribution < -0.4 is 4.74 Å². The van der Waals surface area contributed by atoms with Gasteiger partial charge in [-0.05, 0) is 44.0 Å². The van der Waals surface area contributed by atoms with Crippen LogP contribution in [0.4, 0.5) is 0 Å². The number of carbonyl (C=O) groups excluding carboxylic acids is 1. The van der Waals surface area contributed by atoms with Gasteiger partial charge in [0.15, 0.2) is 0 Å². The van der Waals surface area contributed by atoms with Crippen LogP contribution in [0, 0.1) is 0 Å². The molecule has 1 aromatic heterocycles. The Morgan fingerprint density at radius 1 is 1.38 bits per heavy atom. The first-order chi connectivity index (χ1) is 11.7. The predicted octanol–water partition coefficient (Wildman–Crippen LogP) is 2.63. The molecule has 128 valence electrons. The average molecular weight is 346 g/mol. The smallest absolute Gasteiger partial charge is 0.235 e. The molecule has 1 aliphatic rings. The number of hydrogen-bond acceptors (Lipinski definition) is 5. The van der Waals surface area contributed by atoms with E-state index >= 15 is 0 Å². The number of rotatable bonds is 5. The Balaban J connectivity index is 1.59. The fourth-order valence-electron chi connectivity index (χ4n) is 2.94. The van der Waals surface area contributed by atoms with Crippen LogP contribution in [-0.4, -0.2) is 51.0 Å². The van der Waals surface area contributed by atoms with Gasteiger partial charge >= 0.3 is 0 Å². The number of benzene rings is 1. The molecule has 1 amide bonds. The van der Waals surface area contributed by atoms with Crippen LogP contribution in [-0.2, 0) is 4.79 Å². The van der Waals surface area contributed by atoms with Gasteiger partial charge < -0.3 is 9.64 Å². The summed E-state index contributed by atoms with van der Waals surface area (Å²) in [5.74, 6) is 1.01. The lowest BCUT2D eigenvalue weighted by Gasteiger charge is -2.34. The fraction of sp³-hybridized carbons (Fsp3) is 0.471. The average Bonchev–Trinajstić information content (AvgIpc) is 3.16. The number of likely N-dealkylation sites (tertiary alicyclic amines) is 1. The molecule has 24 heavy (non-hydrogen) atoms. The van der Waals surface area contributed by atoms with Crippen molar-refractivity contribution in [2.75, 3.05) is 20.2 Å². The molecular weight excluding hydrogens is 324 g/mol. The molecule has 0 radical (unpaired) electrons. The van der Waals surface area contributed by atoms with E-state index in [2.05, 4.69) is 10.1 Å². The highest BCUT2D eigenvalue weighted by atomic mass is 32.2. The quantitative estimate of drug-likeness (QED) is 0.779. The lowest BCUT2D eigenvalue weighted by atomic mass is 10.1. The highest BCUT2D eigenvalue weighted by Crippen LogP contribution is 2.28. The molecule has 1 fully saturated rings. The van der Waals surface area contributed by atoms with Crippen molar-refractivity contribution < 1.29 is 9.53 Å². The Morgan fingerprint density at radius 2 is 2.17 bits per heavy atom. The minimum Gasteiger partial charge on any atom is -0.497 e. The van der Waals surface area contributed by atoms with Gasteiger partial charge in [0.25, 0.3) is 0 Å². The lowest BCUT2D eigenvalue weighted by molar-refractivity contribution is -0.132. The Labute approximate surface area is 146 Å². The normalized spacial score (nSPS) is 19.1. The highest BCUT2D eigenvalue weighted by Gasteiger charge is 2.28. The number of nitrogens with zero attached hydrogens (tertiary/aromatic N) is 4. The molecule has 0 unspecified atom stereocenters. The minimum atomic E-state index is -0.118. The Morgan fingerprint density at radius 3 is 2.83 bits per heavy atom. The third-order valence-electron chi connectivity index (χ3n) is 4.24. The van der Waals surface area contributed by atoms with Crippen molar-refractivity contribution in [2.24, 2.45) is 0 Å². The molecular formula is C17H22N4O2S. The maximum absolute atomic E-state index is 12.8. The fourth-order valence-corrected chi connectivity index (χ4v) is 3.89. The van der Waals surface area contributed by atoms with Crippen molar-refractivity contribution in [3.8, 4) is 5.75 Å². The van der Waals surface area contributed by atoms with Crippen LogP contribution in [0.3, 0.4) is 0 Å². The molecule has 1 aromatic carbocycles. The maximum atomic E-state index is 12.8. The molecule has 7 heteroatoms. The summed E-state index contributed by atoms with van der Waals surface area (Å²) in [6, 6.07) is 8.04. The van der Waals surface area contributed by atoms with Crippen molar-refractivity contribution in [1.82, 2.24) is 19.7 Å². The zero-order chi connectivity index (χ0) is 16.9. The van der Waals surface area contributed by atoms with Gasteiger partial charge in [-0.2, -0.15) is 5.10 Å². The first-order valence-corrected chi connectivity index (χ1v) is 8.99. The summed E-state index contributed by atoms with van der Waals surface area (Å²) in [6.07, 6.45) is 5.31. The highest BCUT2D eigenvalue weighted by molar-refractivity contribution is 8.00. The molecule has 0 saturated carbocycles. The molecule has 0 N–H and O–H groups in total. The first kappa shape index (κ1) is 16.8. The zero-order valence-electron chi connectivity index (χ0n) is 14.0. The van der Waals surface area contributed by atoms with Crippen LogP contribution in [0.2, 0.25) is 0 Å². The van der Waals surface area contributed by atoms with Gasteiger partial charge in [0, 0.05) is 18.0 Å². The SMILES string of the molecule is COc1ccc(S[C@@H](C)C(=O)N2CCC[C@H](n3cncn3)C2)cc1. The van der Waals surface area contributed by atoms with E-state index < -0.39 is 0 Å². The van der Waals surface area contributed by atoms with E-state index in [4.69, 9.17) is 4.74 Å². The molecule has 0 bridgehead atoms. The number of methoxy groups -OCH3 is 1. The number of ether oxygens (including phenoxy) is 1. The maximum Gasteiger partial charge on any atom is 0.235 e. The number of piperidine rings is 1. The number of aromatic nitrogens is 3. The summed E-state index contributed by atoms with van der Waals surface area (Å²) in [5.41, 5.74) is 0. The summed E-state index contributed by atoms with van der Waals surface area (Å²) in [7, 11) is 1.65. The minimum absolute atomic E-state index is 0.118. The predicted molar refractivity (Wildman–Crippen MR) is 93.2 cm³/mol. The summed E-state index contributed by atoms with van der Waals surface area (Å²) in [5, 5.41) is 4.10. The second-order valence-corrected chi connectivity index (χ2v) is 7.31. The summed E-state index contributed by atoms with van der Waals surface area (Å²) in [6.45, 7) is 3.49. The Bertz CT molecular complexity index is 660. The van der Waals surface area contributed by atoms with Crippen molar-refractivity contribution in [2.45, 2.75) is 36.0 Å². The molecule has 2 heterocycles. The van der Waals surface area contributed by atoms with Crippen LogP contribution in [0.15, 0.2) is 41.8 Å². The van der Waals surface area contributed by atoms with Crippen LogP contribution in [0.1, 0.15) is 25.8 Å². The number of hydrogen-bond donors (Lipinski definition) is 0. The van der Waals surface area contributed by atoms with Gasteiger partial charge in [-0.25, -0.2) is 9.67 Å². The molecule has 2 atom stereocenters. The van der Waals surface area contributed by atoms with Crippen molar-refractivity contribution >= 4 is 17.7 Å². The zero-order valence-corrected chi connectivity index (χ0v) is 14.8. The number of carbonyl (C=O) groups is 1. The van der Waals surface area contributed by atoms with Gasteiger partial charge in [-0.15, -0.1) is 11.8 Å². The van der Waals surface area contributed by atoms with Gasteiger partial charge in [-0.3, -0.25) is 4.79 Å². The van der Waals surface area contributed by atoms with Gasteiger partial charge in [0.2, 0.25) is 5.91 Å². The van der Waals surface area contributed by atoms with Crippen molar-refractivity contribution in [1.29, 1.82) is 0 Å². The second-order valence-electron chi connectivity index (χ2n) is 5.89. The van der Waals surface area contributed by atoms with E-state index in [0.29, 0.717) is 6.54 Å². The van der Waals surface area contributed by atoms with E-state index in [-0.39, 0.29) is 17.2 Å². The summed E-state index contributed by atoms with van der Waals surface area (Å²) in [4.78, 5) is 19.8. The molecule has 0 aliphatic carbocycles. The number of amides is 1. The van der Waals surface area contributed by atoms with E-state index in [9.17, 15) is 4.79 Å². The molecule has 1 aliphatic heterocycles. The Kier molecular flexibility index (Phi) is 5.40. The van der Waals surface area contributed by atoms with Crippen molar-refractivity contribution in [3.05, 3.63) is 36.9 Å². The van der Waals surface area contributed by atoms with Gasteiger partial charge in [-0.1, -0.05) is 0 Å². The molecule has 2 aromatic rings. The van der Waals surface area contributed by atoms with Crippen LogP contribution >= 0.6 is 11.8 Å². The Hall–Kier alpha value is -2.02. The molecule has 0 spiro atoms. The third-order valence-corrected chi connectivity index (χ3v) is 5.34. The summed E-state index contributed by atoms with van der Waals surface area (Å²) < 4.78 is 7.03. The van der Waals surface area contributed by atoms with Crippen LogP contribution in [0.5, 0.6) is 5.75 Å². The molecule has 6 nitrogen and oxygen atoms in total. The molecule has 3 rings (SSSR count). The van der Waals surface area contributed by atoms with E-state index in [1.54, 1.807) is 31.5 Å². The standard InChI is InChI=1S/C17H22N4O2S/c1-13(24-16-7-5-15(23-2)6-8-16)17(22)20-9-3-4-14(10-20)21-12-18-11-19-21/h5-8,11-14H,3-4,9-10H2,1-2H3/t13-,14-/m0/s1. The van der Waals surface area contributed by atoms with Crippen LogP contribution in [0.25, 0.3) is 0 Å². The van der Waals surface area contributed by atoms with Gasteiger partial charge in [0.1, 0.15) is 18.4 Å². The number of thioether (sulfide) groups is 1. The lowest BCUT2D eigenvalue weighted by Crippen LogP contribution is -2.44. The van der Waals surface area contributed by atoms with E-state index in [1.165, 1.54) is 0 Å².